The zero-order chi connectivity index (χ0) is 22.6. The first-order chi connectivity index (χ1) is 15.4. The highest BCUT2D eigenvalue weighted by Gasteiger charge is 2.21. The summed E-state index contributed by atoms with van der Waals surface area (Å²) in [5, 5.41) is 4.44. The Hall–Kier alpha value is -2.79. The molecule has 11 heteroatoms. The summed E-state index contributed by atoms with van der Waals surface area (Å²) in [7, 11) is -3.70. The van der Waals surface area contributed by atoms with Gasteiger partial charge in [-0.25, -0.2) is 17.9 Å². The van der Waals surface area contributed by atoms with E-state index in [2.05, 4.69) is 14.9 Å². The molecule has 3 aromatic rings. The van der Waals surface area contributed by atoms with E-state index in [0.29, 0.717) is 23.0 Å². The van der Waals surface area contributed by atoms with Gasteiger partial charge in [-0.15, -0.1) is 0 Å². The fraction of sp³-hybridized carbons (Fsp3) is 0.286. The van der Waals surface area contributed by atoms with E-state index in [-0.39, 0.29) is 35.6 Å². The molecule has 0 amide bonds. The smallest absolute Gasteiger partial charge is 0.338 e. The fourth-order valence-electron chi connectivity index (χ4n) is 3.10. The Morgan fingerprint density at radius 1 is 1.16 bits per heavy atom. The Balaban J connectivity index is 1.32. The number of nitrogens with zero attached hydrogens (tertiary/aromatic N) is 2. The van der Waals surface area contributed by atoms with Crippen LogP contribution in [-0.2, 0) is 26.1 Å². The second-order valence-electron chi connectivity index (χ2n) is 7.11. The predicted octanol–water partition coefficient (Wildman–Crippen LogP) is 3.20. The van der Waals surface area contributed by atoms with E-state index in [1.54, 1.807) is 24.3 Å². The molecule has 1 aliphatic heterocycles. The van der Waals surface area contributed by atoms with E-state index in [1.165, 1.54) is 24.3 Å². The third kappa shape index (κ3) is 5.52. The summed E-state index contributed by atoms with van der Waals surface area (Å²) in [6, 6.07) is 12.4. The van der Waals surface area contributed by atoms with Gasteiger partial charge in [-0.05, 0) is 61.4 Å². The number of esters is 1. The number of aromatic nitrogens is 2. The van der Waals surface area contributed by atoms with Crippen molar-refractivity contribution in [3.8, 4) is 11.4 Å². The summed E-state index contributed by atoms with van der Waals surface area (Å²) in [6.07, 6.45) is 1.65. The van der Waals surface area contributed by atoms with Crippen molar-refractivity contribution < 1.29 is 27.2 Å². The maximum absolute atomic E-state index is 12.4. The molecule has 1 saturated heterocycles. The van der Waals surface area contributed by atoms with Crippen molar-refractivity contribution in [3.05, 3.63) is 65.0 Å². The van der Waals surface area contributed by atoms with Crippen LogP contribution in [0.5, 0.6) is 0 Å². The fourth-order valence-corrected chi connectivity index (χ4v) is 4.29. The highest BCUT2D eigenvalue weighted by Crippen LogP contribution is 2.19. The molecule has 0 aliphatic carbocycles. The van der Waals surface area contributed by atoms with E-state index in [4.69, 9.17) is 25.6 Å². The average Bonchev–Trinajstić information content (AvgIpc) is 3.49. The maximum atomic E-state index is 12.4. The van der Waals surface area contributed by atoms with Gasteiger partial charge in [-0.3, -0.25) is 0 Å². The highest BCUT2D eigenvalue weighted by molar-refractivity contribution is 7.89. The van der Waals surface area contributed by atoms with Crippen LogP contribution in [-0.4, -0.2) is 43.8 Å². The number of halogens is 1. The molecule has 1 aliphatic rings. The number of carbonyl (C=O) groups excluding carboxylic acids is 1. The lowest BCUT2D eigenvalue weighted by molar-refractivity contribution is 0.0429. The van der Waals surface area contributed by atoms with Gasteiger partial charge in [0.15, 0.2) is 6.61 Å². The van der Waals surface area contributed by atoms with Crippen molar-refractivity contribution in [2.45, 2.75) is 30.4 Å². The van der Waals surface area contributed by atoms with Crippen LogP contribution in [0.2, 0.25) is 5.02 Å². The quantitative estimate of drug-likeness (QED) is 0.491. The molecule has 1 atom stereocenters. The lowest BCUT2D eigenvalue weighted by Gasteiger charge is -2.11. The van der Waals surface area contributed by atoms with E-state index in [0.717, 1.165) is 12.8 Å². The molecule has 32 heavy (non-hydrogen) atoms. The number of sulfonamides is 1. The Morgan fingerprint density at radius 2 is 1.91 bits per heavy atom. The van der Waals surface area contributed by atoms with Gasteiger partial charge in [-0.1, -0.05) is 16.8 Å². The zero-order valence-electron chi connectivity index (χ0n) is 16.9. The number of hydrogen-bond acceptors (Lipinski definition) is 8. The minimum Gasteiger partial charge on any atom is -0.452 e. The normalized spacial score (nSPS) is 16.2. The lowest BCUT2D eigenvalue weighted by Crippen LogP contribution is -2.31. The SMILES string of the molecule is O=C(OCc1nc(-c2ccc(Cl)cc2)no1)c1ccc(S(=O)(=O)NC[C@@H]2CCCO2)cc1. The monoisotopic (exact) mass is 477 g/mol. The van der Waals surface area contributed by atoms with Crippen molar-refractivity contribution in [2.24, 2.45) is 0 Å². The van der Waals surface area contributed by atoms with Crippen LogP contribution in [0, 0.1) is 0 Å². The molecule has 1 aromatic heterocycles. The van der Waals surface area contributed by atoms with Gasteiger partial charge in [0.2, 0.25) is 15.8 Å². The first-order valence-corrected chi connectivity index (χ1v) is 11.7. The molecular weight excluding hydrogens is 458 g/mol. The van der Waals surface area contributed by atoms with Gasteiger partial charge in [-0.2, -0.15) is 4.98 Å². The summed E-state index contributed by atoms with van der Waals surface area (Å²) < 4.78 is 43.0. The number of ether oxygens (including phenoxy) is 2. The number of hydrogen-bond donors (Lipinski definition) is 1. The predicted molar refractivity (Wildman–Crippen MR) is 114 cm³/mol. The van der Waals surface area contributed by atoms with Crippen LogP contribution in [0.3, 0.4) is 0 Å². The number of nitrogens with one attached hydrogen (secondary N) is 1. The molecule has 1 fully saturated rings. The van der Waals surface area contributed by atoms with Gasteiger partial charge >= 0.3 is 5.97 Å². The second-order valence-corrected chi connectivity index (χ2v) is 9.31. The largest absolute Gasteiger partial charge is 0.452 e. The van der Waals surface area contributed by atoms with Crippen molar-refractivity contribution in [3.63, 3.8) is 0 Å². The molecule has 1 N–H and O–H groups in total. The van der Waals surface area contributed by atoms with Crippen LogP contribution >= 0.6 is 11.6 Å². The van der Waals surface area contributed by atoms with Crippen molar-refractivity contribution in [1.29, 1.82) is 0 Å². The molecule has 168 valence electrons. The first-order valence-electron chi connectivity index (χ1n) is 9.88. The minimum absolute atomic E-state index is 0.0524. The van der Waals surface area contributed by atoms with Gasteiger partial charge in [0.05, 0.1) is 16.6 Å². The molecule has 4 rings (SSSR count). The minimum atomic E-state index is -3.70. The first kappa shape index (κ1) is 22.4. The van der Waals surface area contributed by atoms with Gasteiger partial charge in [0, 0.05) is 23.7 Å². The Kier molecular flexibility index (Phi) is 6.85. The number of benzene rings is 2. The van der Waals surface area contributed by atoms with Crippen LogP contribution in [0.4, 0.5) is 0 Å². The lowest BCUT2D eigenvalue weighted by atomic mass is 10.2. The van der Waals surface area contributed by atoms with Gasteiger partial charge < -0.3 is 14.0 Å². The zero-order valence-corrected chi connectivity index (χ0v) is 18.4. The van der Waals surface area contributed by atoms with Crippen LogP contribution in [0.15, 0.2) is 57.9 Å². The molecule has 9 nitrogen and oxygen atoms in total. The summed E-state index contributed by atoms with van der Waals surface area (Å²) in [4.78, 5) is 16.5. The van der Waals surface area contributed by atoms with Gasteiger partial charge in [0.25, 0.3) is 5.89 Å². The summed E-state index contributed by atoms with van der Waals surface area (Å²) >= 11 is 5.86. The van der Waals surface area contributed by atoms with E-state index in [9.17, 15) is 13.2 Å². The van der Waals surface area contributed by atoms with Crippen molar-refractivity contribution >= 4 is 27.6 Å². The number of carbonyl (C=O) groups is 1. The summed E-state index contributed by atoms with van der Waals surface area (Å²) in [5.41, 5.74) is 0.904. The van der Waals surface area contributed by atoms with E-state index in [1.807, 2.05) is 0 Å². The Morgan fingerprint density at radius 3 is 2.59 bits per heavy atom. The summed E-state index contributed by atoms with van der Waals surface area (Å²) in [5.74, 6) is -0.175. The van der Waals surface area contributed by atoms with Crippen LogP contribution < -0.4 is 4.72 Å². The molecule has 0 bridgehead atoms. The average molecular weight is 478 g/mol. The van der Waals surface area contributed by atoms with Gasteiger partial charge in [0.1, 0.15) is 0 Å². The molecule has 2 aromatic carbocycles. The molecule has 0 radical (unpaired) electrons. The standard InChI is InChI=1S/C21H20ClN3O6S/c22-16-7-3-14(4-8-16)20-24-19(31-25-20)13-30-21(26)15-5-9-18(10-6-15)32(27,28)23-12-17-2-1-11-29-17/h3-10,17,23H,1-2,11-13H2/t17-/m0/s1. The van der Waals surface area contributed by atoms with E-state index < -0.39 is 16.0 Å². The highest BCUT2D eigenvalue weighted by atomic mass is 35.5. The summed E-state index contributed by atoms with van der Waals surface area (Å²) in [6.45, 7) is 0.645. The third-order valence-corrected chi connectivity index (χ3v) is 6.51. The molecule has 2 heterocycles. The molecule has 0 unspecified atom stereocenters. The maximum Gasteiger partial charge on any atom is 0.338 e. The Labute approximate surface area is 189 Å². The molecular formula is C21H20ClN3O6S. The van der Waals surface area contributed by atoms with Crippen molar-refractivity contribution in [2.75, 3.05) is 13.2 Å². The molecule has 0 spiro atoms. The second kappa shape index (κ2) is 9.78. The van der Waals surface area contributed by atoms with Crippen molar-refractivity contribution in [1.82, 2.24) is 14.9 Å². The molecule has 0 saturated carbocycles. The Bertz CT molecular complexity index is 1170. The van der Waals surface area contributed by atoms with Crippen LogP contribution in [0.25, 0.3) is 11.4 Å². The van der Waals surface area contributed by atoms with Crippen LogP contribution in [0.1, 0.15) is 29.1 Å². The third-order valence-electron chi connectivity index (χ3n) is 4.82. The van der Waals surface area contributed by atoms with E-state index >= 15 is 0 Å². The topological polar surface area (TPSA) is 121 Å². The number of rotatable bonds is 8.